The Bertz CT molecular complexity index is 1140. The van der Waals surface area contributed by atoms with Gasteiger partial charge in [-0.1, -0.05) is 54.6 Å². The maximum Gasteiger partial charge on any atom is 0.330 e. The number of rotatable bonds is 9. The number of nitrogens with zero attached hydrogens (tertiary/aromatic N) is 1. The van der Waals surface area contributed by atoms with Gasteiger partial charge in [-0.3, -0.25) is 4.79 Å². The predicted octanol–water partition coefficient (Wildman–Crippen LogP) is 5.61. The van der Waals surface area contributed by atoms with Gasteiger partial charge in [0.05, 0.1) is 26.2 Å². The number of β-lactam (4-membered cyclic amide) rings is 1. The van der Waals surface area contributed by atoms with Crippen molar-refractivity contribution in [2.24, 2.45) is 5.92 Å². The molecule has 1 aliphatic rings. The van der Waals surface area contributed by atoms with Gasteiger partial charge >= 0.3 is 5.97 Å². The summed E-state index contributed by atoms with van der Waals surface area (Å²) in [6.45, 7) is 0. The second kappa shape index (κ2) is 10.8. The van der Waals surface area contributed by atoms with Crippen LogP contribution in [0.2, 0.25) is 0 Å². The predicted molar refractivity (Wildman–Crippen MR) is 134 cm³/mol. The van der Waals surface area contributed by atoms with Gasteiger partial charge in [-0.15, -0.1) is 0 Å². The van der Waals surface area contributed by atoms with Gasteiger partial charge in [0.25, 0.3) is 0 Å². The van der Waals surface area contributed by atoms with Crippen LogP contribution in [0.1, 0.15) is 35.6 Å². The van der Waals surface area contributed by atoms with E-state index in [2.05, 4.69) is 16.9 Å². The molecule has 0 bridgehead atoms. The van der Waals surface area contributed by atoms with Crippen LogP contribution < -0.4 is 9.64 Å². The van der Waals surface area contributed by atoms with E-state index in [1.807, 2.05) is 71.6 Å². The number of amides is 1. The van der Waals surface area contributed by atoms with Crippen LogP contribution in [0.5, 0.6) is 5.75 Å². The minimum Gasteiger partial charge on any atom is -0.497 e. The lowest BCUT2D eigenvalue weighted by atomic mass is 9.78. The number of benzene rings is 3. The lowest BCUT2D eigenvalue weighted by Crippen LogP contribution is -2.55. The van der Waals surface area contributed by atoms with E-state index in [4.69, 9.17) is 4.74 Å². The van der Waals surface area contributed by atoms with E-state index in [0.29, 0.717) is 0 Å². The molecule has 4 rings (SSSR count). The van der Waals surface area contributed by atoms with Crippen LogP contribution >= 0.6 is 0 Å². The number of hydrogen-bond acceptors (Lipinski definition) is 4. The molecule has 1 aliphatic heterocycles. The molecule has 2 atom stereocenters. The standard InChI is InChI=1S/C29H29NO4/c1-33-25-18-16-24(17-19-25)30-28(23-14-11-22(12-15-23)13-20-27(31)34-2)26(29(30)32)10-6-9-21-7-4-3-5-8-21/h3-5,7-8,11-20,26,28H,6,9-10H2,1-2H3/t26-,28-/m0/s1. The van der Waals surface area contributed by atoms with Gasteiger partial charge < -0.3 is 14.4 Å². The van der Waals surface area contributed by atoms with Crippen LogP contribution in [0.25, 0.3) is 6.08 Å². The maximum atomic E-state index is 13.3. The molecule has 5 nitrogen and oxygen atoms in total. The largest absolute Gasteiger partial charge is 0.497 e. The molecule has 174 valence electrons. The summed E-state index contributed by atoms with van der Waals surface area (Å²) >= 11 is 0. The lowest BCUT2D eigenvalue weighted by molar-refractivity contribution is -0.134. The zero-order chi connectivity index (χ0) is 23.9. The Kier molecular flexibility index (Phi) is 7.43. The van der Waals surface area contributed by atoms with Crippen molar-refractivity contribution >= 4 is 23.6 Å². The van der Waals surface area contributed by atoms with Gasteiger partial charge in [0.15, 0.2) is 0 Å². The molecule has 0 spiro atoms. The van der Waals surface area contributed by atoms with Crippen LogP contribution in [-0.4, -0.2) is 26.1 Å². The van der Waals surface area contributed by atoms with E-state index in [1.165, 1.54) is 18.7 Å². The first-order chi connectivity index (χ1) is 16.6. The van der Waals surface area contributed by atoms with Crippen molar-refractivity contribution in [2.75, 3.05) is 19.1 Å². The molecule has 5 heteroatoms. The molecule has 1 saturated heterocycles. The van der Waals surface area contributed by atoms with Gasteiger partial charge in [-0.2, -0.15) is 0 Å². The van der Waals surface area contributed by atoms with E-state index in [1.54, 1.807) is 13.2 Å². The number of hydrogen-bond donors (Lipinski definition) is 0. The Balaban J connectivity index is 1.54. The van der Waals surface area contributed by atoms with Crippen molar-refractivity contribution in [3.05, 3.63) is 102 Å². The fraction of sp³-hybridized carbons (Fsp3) is 0.241. The highest BCUT2D eigenvalue weighted by Gasteiger charge is 2.48. The summed E-state index contributed by atoms with van der Waals surface area (Å²) in [5, 5.41) is 0. The third kappa shape index (κ3) is 5.20. The van der Waals surface area contributed by atoms with Crippen molar-refractivity contribution < 1.29 is 19.1 Å². The van der Waals surface area contributed by atoms with Crippen molar-refractivity contribution in [3.63, 3.8) is 0 Å². The number of methoxy groups -OCH3 is 2. The van der Waals surface area contributed by atoms with E-state index < -0.39 is 5.97 Å². The Labute approximate surface area is 200 Å². The Morgan fingerprint density at radius 3 is 2.29 bits per heavy atom. The summed E-state index contributed by atoms with van der Waals surface area (Å²) < 4.78 is 9.93. The third-order valence-electron chi connectivity index (χ3n) is 6.28. The normalized spacial score (nSPS) is 17.5. The molecule has 0 radical (unpaired) electrons. The molecule has 0 unspecified atom stereocenters. The van der Waals surface area contributed by atoms with Crippen LogP contribution in [-0.2, 0) is 20.7 Å². The fourth-order valence-electron chi connectivity index (χ4n) is 4.45. The molecule has 34 heavy (non-hydrogen) atoms. The molecule has 0 aliphatic carbocycles. The van der Waals surface area contributed by atoms with Crippen LogP contribution in [0.15, 0.2) is 84.9 Å². The van der Waals surface area contributed by atoms with Gasteiger partial charge in [0, 0.05) is 11.8 Å². The van der Waals surface area contributed by atoms with Crippen molar-refractivity contribution in [1.82, 2.24) is 0 Å². The number of aryl methyl sites for hydroxylation is 1. The van der Waals surface area contributed by atoms with Crippen molar-refractivity contribution in [1.29, 1.82) is 0 Å². The number of carbonyl (C=O) groups excluding carboxylic acids is 2. The molecule has 1 fully saturated rings. The zero-order valence-corrected chi connectivity index (χ0v) is 19.5. The molecular weight excluding hydrogens is 426 g/mol. The van der Waals surface area contributed by atoms with Crippen molar-refractivity contribution in [3.8, 4) is 5.75 Å². The van der Waals surface area contributed by atoms with Gasteiger partial charge in [0.1, 0.15) is 5.75 Å². The summed E-state index contributed by atoms with van der Waals surface area (Å²) in [5.74, 6) is 0.451. The minimum atomic E-state index is -0.391. The molecular formula is C29H29NO4. The first-order valence-corrected chi connectivity index (χ1v) is 11.5. The van der Waals surface area contributed by atoms with E-state index >= 15 is 0 Å². The zero-order valence-electron chi connectivity index (χ0n) is 19.5. The Morgan fingerprint density at radius 1 is 0.941 bits per heavy atom. The maximum absolute atomic E-state index is 13.3. The minimum absolute atomic E-state index is 0.0321. The first kappa shape index (κ1) is 23.3. The smallest absolute Gasteiger partial charge is 0.330 e. The number of ether oxygens (including phenoxy) is 2. The second-order valence-electron chi connectivity index (χ2n) is 8.36. The summed E-state index contributed by atoms with van der Waals surface area (Å²) in [7, 11) is 2.99. The molecule has 1 heterocycles. The number of carbonyl (C=O) groups is 2. The molecule has 1 amide bonds. The molecule has 3 aromatic carbocycles. The fourth-order valence-corrected chi connectivity index (χ4v) is 4.45. The topological polar surface area (TPSA) is 55.8 Å². The van der Waals surface area contributed by atoms with Gasteiger partial charge in [0.2, 0.25) is 5.91 Å². The highest BCUT2D eigenvalue weighted by Crippen LogP contribution is 2.46. The second-order valence-corrected chi connectivity index (χ2v) is 8.36. The van der Waals surface area contributed by atoms with Gasteiger partial charge in [-0.05, 0) is 66.3 Å². The monoisotopic (exact) mass is 455 g/mol. The number of anilines is 1. The molecule has 0 N–H and O–H groups in total. The molecule has 0 aromatic heterocycles. The van der Waals surface area contributed by atoms with Crippen molar-refractivity contribution in [2.45, 2.75) is 25.3 Å². The van der Waals surface area contributed by atoms with Gasteiger partial charge in [-0.25, -0.2) is 4.79 Å². The highest BCUT2D eigenvalue weighted by atomic mass is 16.5. The molecule has 0 saturated carbocycles. The average molecular weight is 456 g/mol. The van der Waals surface area contributed by atoms with E-state index in [9.17, 15) is 9.59 Å². The van der Waals surface area contributed by atoms with Crippen LogP contribution in [0.3, 0.4) is 0 Å². The summed E-state index contributed by atoms with van der Waals surface area (Å²) in [4.78, 5) is 26.5. The van der Waals surface area contributed by atoms with Crippen LogP contribution in [0.4, 0.5) is 5.69 Å². The summed E-state index contributed by atoms with van der Waals surface area (Å²) in [6, 6.07) is 26.0. The van der Waals surface area contributed by atoms with Crippen LogP contribution in [0, 0.1) is 5.92 Å². The summed E-state index contributed by atoms with van der Waals surface area (Å²) in [5.41, 5.74) is 4.14. The summed E-state index contributed by atoms with van der Waals surface area (Å²) in [6.07, 6.45) is 5.86. The highest BCUT2D eigenvalue weighted by molar-refractivity contribution is 6.03. The third-order valence-corrected chi connectivity index (χ3v) is 6.28. The molecule has 3 aromatic rings. The Morgan fingerprint density at radius 2 is 1.65 bits per heavy atom. The Hall–Kier alpha value is -3.86. The van der Waals surface area contributed by atoms with E-state index in [-0.39, 0.29) is 17.9 Å². The van der Waals surface area contributed by atoms with E-state index in [0.717, 1.165) is 41.8 Å². The number of esters is 1. The first-order valence-electron chi connectivity index (χ1n) is 11.5. The SMILES string of the molecule is COC(=O)C=Cc1ccc([C@H]2[C@H](CCCc3ccccc3)C(=O)N2c2ccc(OC)cc2)cc1. The average Bonchev–Trinajstić information content (AvgIpc) is 2.89. The quantitative estimate of drug-likeness (QED) is 0.239. The lowest BCUT2D eigenvalue weighted by Gasteiger charge is -2.47.